The molecule has 0 saturated heterocycles. The SMILES string of the molecule is NC(=O)c1c(-c2ccc(NC(=O)N3CCc4cc(C(F)(F)F)ccc4C3)cc2)n[nH]c1Nc1cnccn1. The van der Waals surface area contributed by atoms with Crippen molar-refractivity contribution in [1.82, 2.24) is 25.1 Å². The molecular weight excluding hydrogens is 501 g/mol. The van der Waals surface area contributed by atoms with Crippen molar-refractivity contribution in [3.05, 3.63) is 83.3 Å². The van der Waals surface area contributed by atoms with E-state index in [9.17, 15) is 22.8 Å². The van der Waals surface area contributed by atoms with Gasteiger partial charge in [-0.15, -0.1) is 0 Å². The summed E-state index contributed by atoms with van der Waals surface area (Å²) in [6.45, 7) is 0.489. The Morgan fingerprint density at radius 2 is 1.84 bits per heavy atom. The molecule has 0 unspecified atom stereocenters. The smallest absolute Gasteiger partial charge is 0.365 e. The van der Waals surface area contributed by atoms with Crippen LogP contribution in [-0.4, -0.2) is 43.5 Å². The predicted molar refractivity (Wildman–Crippen MR) is 132 cm³/mol. The standard InChI is InChI=1S/C25H21F3N8O2/c26-25(27,28)17-4-1-16-13-36(10-7-15(16)11-17)24(38)32-18-5-2-14(3-6-18)21-20(22(29)37)23(35-34-21)33-19-12-30-8-9-31-19/h1-6,8-9,11-12H,7,10,13H2,(H2,29,37)(H,32,38)(H2,31,33,34,35). The lowest BCUT2D eigenvalue weighted by atomic mass is 9.97. The van der Waals surface area contributed by atoms with Gasteiger partial charge in [-0.2, -0.15) is 18.3 Å². The van der Waals surface area contributed by atoms with E-state index in [1.54, 1.807) is 24.3 Å². The second-order valence-corrected chi connectivity index (χ2v) is 8.56. The fourth-order valence-corrected chi connectivity index (χ4v) is 4.19. The van der Waals surface area contributed by atoms with Gasteiger partial charge in [0.05, 0.1) is 11.8 Å². The minimum atomic E-state index is -4.40. The fraction of sp³-hybridized carbons (Fsp3) is 0.160. The number of anilines is 3. The van der Waals surface area contributed by atoms with Crippen LogP contribution in [0.25, 0.3) is 11.3 Å². The van der Waals surface area contributed by atoms with Crippen LogP contribution in [0.3, 0.4) is 0 Å². The number of nitrogens with zero attached hydrogens (tertiary/aromatic N) is 4. The summed E-state index contributed by atoms with van der Waals surface area (Å²) in [5.41, 5.74) is 7.69. The van der Waals surface area contributed by atoms with E-state index in [0.29, 0.717) is 40.3 Å². The number of hydrogen-bond donors (Lipinski definition) is 4. The summed E-state index contributed by atoms with van der Waals surface area (Å²) in [7, 11) is 0. The van der Waals surface area contributed by atoms with Crippen molar-refractivity contribution in [3.63, 3.8) is 0 Å². The Morgan fingerprint density at radius 3 is 2.53 bits per heavy atom. The lowest BCUT2D eigenvalue weighted by Crippen LogP contribution is -2.39. The van der Waals surface area contributed by atoms with Crippen LogP contribution in [0, 0.1) is 0 Å². The first kappa shape index (κ1) is 24.7. The Kier molecular flexibility index (Phi) is 6.41. The van der Waals surface area contributed by atoms with Crippen LogP contribution in [0.4, 0.5) is 35.3 Å². The average Bonchev–Trinajstić information content (AvgIpc) is 3.32. The molecule has 5 rings (SSSR count). The third kappa shape index (κ3) is 5.12. The summed E-state index contributed by atoms with van der Waals surface area (Å²) in [4.78, 5) is 34.6. The minimum Gasteiger partial charge on any atom is -0.365 e. The van der Waals surface area contributed by atoms with Crippen LogP contribution in [0.5, 0.6) is 0 Å². The fourth-order valence-electron chi connectivity index (χ4n) is 4.19. The highest BCUT2D eigenvalue weighted by atomic mass is 19.4. The van der Waals surface area contributed by atoms with Crippen LogP contribution in [0.1, 0.15) is 27.0 Å². The molecule has 5 N–H and O–H groups in total. The molecule has 4 aromatic rings. The number of nitrogens with two attached hydrogens (primary N) is 1. The summed E-state index contributed by atoms with van der Waals surface area (Å²) < 4.78 is 38.9. The van der Waals surface area contributed by atoms with Gasteiger partial charge in [0.25, 0.3) is 5.91 Å². The molecular formula is C25H21F3N8O2. The molecule has 0 aliphatic carbocycles. The Bertz CT molecular complexity index is 1490. The number of carbonyl (C=O) groups excluding carboxylic acids is 2. The van der Waals surface area contributed by atoms with Gasteiger partial charge >= 0.3 is 12.2 Å². The number of fused-ring (bicyclic) bond motifs is 1. The molecule has 1 aliphatic heterocycles. The van der Waals surface area contributed by atoms with Crippen molar-refractivity contribution in [2.24, 2.45) is 5.73 Å². The molecule has 0 radical (unpaired) electrons. The normalized spacial score (nSPS) is 13.1. The van der Waals surface area contributed by atoms with Gasteiger partial charge in [-0.05, 0) is 41.8 Å². The first-order valence-corrected chi connectivity index (χ1v) is 11.5. The summed E-state index contributed by atoms with van der Waals surface area (Å²) in [6.07, 6.45) is 0.395. The number of alkyl halides is 3. The van der Waals surface area contributed by atoms with Crippen LogP contribution in [-0.2, 0) is 19.1 Å². The van der Waals surface area contributed by atoms with Gasteiger partial charge in [0.1, 0.15) is 22.9 Å². The summed E-state index contributed by atoms with van der Waals surface area (Å²) in [5, 5.41) is 12.7. The first-order chi connectivity index (χ1) is 18.2. The first-order valence-electron chi connectivity index (χ1n) is 11.5. The van der Waals surface area contributed by atoms with E-state index in [4.69, 9.17) is 5.73 Å². The van der Waals surface area contributed by atoms with E-state index in [1.807, 2.05) is 0 Å². The number of rotatable bonds is 5. The van der Waals surface area contributed by atoms with Gasteiger partial charge in [0.15, 0.2) is 0 Å². The topological polar surface area (TPSA) is 142 Å². The average molecular weight is 522 g/mol. The molecule has 0 fully saturated rings. The summed E-state index contributed by atoms with van der Waals surface area (Å²) >= 11 is 0. The molecule has 2 aromatic carbocycles. The van der Waals surface area contributed by atoms with Gasteiger partial charge in [0, 0.05) is 36.7 Å². The number of nitrogens with one attached hydrogen (secondary N) is 3. The molecule has 1 aliphatic rings. The Hall–Kier alpha value is -4.94. The zero-order valence-electron chi connectivity index (χ0n) is 19.7. The monoisotopic (exact) mass is 522 g/mol. The molecule has 0 atom stereocenters. The number of primary amides is 1. The van der Waals surface area contributed by atoms with Crippen LogP contribution >= 0.6 is 0 Å². The highest BCUT2D eigenvalue weighted by molar-refractivity contribution is 6.04. The zero-order valence-corrected chi connectivity index (χ0v) is 19.7. The Morgan fingerprint density at radius 1 is 1.05 bits per heavy atom. The molecule has 10 nitrogen and oxygen atoms in total. The molecule has 2 aromatic heterocycles. The van der Waals surface area contributed by atoms with Crippen molar-refractivity contribution >= 4 is 29.3 Å². The number of hydrogen-bond acceptors (Lipinski definition) is 6. The number of halogens is 3. The molecule has 3 amide bonds. The predicted octanol–water partition coefficient (Wildman–Crippen LogP) is 4.32. The number of benzene rings is 2. The zero-order chi connectivity index (χ0) is 26.9. The van der Waals surface area contributed by atoms with Gasteiger partial charge in [-0.1, -0.05) is 18.2 Å². The van der Waals surface area contributed by atoms with E-state index >= 15 is 0 Å². The number of amides is 3. The van der Waals surface area contributed by atoms with Crippen LogP contribution < -0.4 is 16.4 Å². The van der Waals surface area contributed by atoms with Gasteiger partial charge < -0.3 is 21.3 Å². The maximum absolute atomic E-state index is 13.0. The Labute approximate surface area is 214 Å². The van der Waals surface area contributed by atoms with E-state index in [-0.39, 0.29) is 30.5 Å². The molecule has 13 heteroatoms. The van der Waals surface area contributed by atoms with Crippen molar-refractivity contribution in [1.29, 1.82) is 0 Å². The highest BCUT2D eigenvalue weighted by Gasteiger charge is 2.32. The quantitative estimate of drug-likeness (QED) is 0.308. The maximum atomic E-state index is 13.0. The largest absolute Gasteiger partial charge is 0.416 e. The second-order valence-electron chi connectivity index (χ2n) is 8.56. The highest BCUT2D eigenvalue weighted by Crippen LogP contribution is 2.32. The molecule has 194 valence electrons. The number of H-pyrrole nitrogens is 1. The van der Waals surface area contributed by atoms with E-state index < -0.39 is 17.6 Å². The van der Waals surface area contributed by atoms with Crippen molar-refractivity contribution in [3.8, 4) is 11.3 Å². The van der Waals surface area contributed by atoms with Crippen LogP contribution in [0.2, 0.25) is 0 Å². The maximum Gasteiger partial charge on any atom is 0.416 e. The van der Waals surface area contributed by atoms with Crippen molar-refractivity contribution < 1.29 is 22.8 Å². The lowest BCUT2D eigenvalue weighted by molar-refractivity contribution is -0.137. The summed E-state index contributed by atoms with van der Waals surface area (Å²) in [5.74, 6) is -0.0484. The van der Waals surface area contributed by atoms with E-state index in [2.05, 4.69) is 30.8 Å². The number of aromatic nitrogens is 4. The Balaban J connectivity index is 1.27. The molecule has 0 saturated carbocycles. The number of aromatic amines is 1. The number of carbonyl (C=O) groups is 2. The second kappa shape index (κ2) is 9.84. The van der Waals surface area contributed by atoms with Crippen LogP contribution in [0.15, 0.2) is 61.1 Å². The molecule has 3 heterocycles. The van der Waals surface area contributed by atoms with Gasteiger partial charge in [0.2, 0.25) is 0 Å². The minimum absolute atomic E-state index is 0.133. The van der Waals surface area contributed by atoms with E-state index in [0.717, 1.165) is 12.1 Å². The van der Waals surface area contributed by atoms with Gasteiger partial charge in [-0.3, -0.25) is 14.9 Å². The van der Waals surface area contributed by atoms with Crippen molar-refractivity contribution in [2.45, 2.75) is 19.1 Å². The third-order valence-corrected chi connectivity index (χ3v) is 6.07. The van der Waals surface area contributed by atoms with E-state index in [1.165, 1.54) is 29.6 Å². The molecule has 0 spiro atoms. The lowest BCUT2D eigenvalue weighted by Gasteiger charge is -2.29. The molecule has 0 bridgehead atoms. The molecule has 38 heavy (non-hydrogen) atoms. The summed E-state index contributed by atoms with van der Waals surface area (Å²) in [6, 6.07) is 9.86. The van der Waals surface area contributed by atoms with Gasteiger partial charge in [-0.25, -0.2) is 9.78 Å². The number of urea groups is 1. The van der Waals surface area contributed by atoms with Crippen molar-refractivity contribution in [2.75, 3.05) is 17.2 Å². The third-order valence-electron chi connectivity index (χ3n) is 6.07.